The Labute approximate surface area is 103 Å². The number of rotatable bonds is 7. The van der Waals surface area contributed by atoms with Crippen molar-refractivity contribution in [2.45, 2.75) is 33.1 Å². The lowest BCUT2D eigenvalue weighted by atomic mass is 10.1. The van der Waals surface area contributed by atoms with Gasteiger partial charge in [0.15, 0.2) is 0 Å². The average molecular weight is 234 g/mol. The highest BCUT2D eigenvalue weighted by Gasteiger charge is 2.02. The molecular formula is C14H22N2O. The lowest BCUT2D eigenvalue weighted by Gasteiger charge is -2.12. The molecule has 0 radical (unpaired) electrons. The van der Waals surface area contributed by atoms with E-state index < -0.39 is 0 Å². The first-order chi connectivity index (χ1) is 8.11. The average Bonchev–Trinajstić information content (AvgIpc) is 2.28. The third-order valence-electron chi connectivity index (χ3n) is 2.63. The molecule has 3 N–H and O–H groups in total. The summed E-state index contributed by atoms with van der Waals surface area (Å²) in [5.74, 6) is 1.67. The van der Waals surface area contributed by atoms with Gasteiger partial charge in [0.1, 0.15) is 5.75 Å². The van der Waals surface area contributed by atoms with Crippen molar-refractivity contribution in [1.29, 1.82) is 5.41 Å². The van der Waals surface area contributed by atoms with Crippen LogP contribution in [0.1, 0.15) is 32.3 Å². The summed E-state index contributed by atoms with van der Waals surface area (Å²) in [6.45, 7) is 5.15. The quantitative estimate of drug-likeness (QED) is 0.563. The van der Waals surface area contributed by atoms with Gasteiger partial charge in [-0.15, -0.1) is 0 Å². The molecule has 0 aromatic heterocycles. The van der Waals surface area contributed by atoms with Crippen molar-refractivity contribution >= 4 is 5.84 Å². The Bertz CT molecular complexity index is 346. The maximum Gasteiger partial charge on any atom is 0.119 e. The van der Waals surface area contributed by atoms with Gasteiger partial charge in [-0.25, -0.2) is 0 Å². The van der Waals surface area contributed by atoms with Gasteiger partial charge in [-0.2, -0.15) is 0 Å². The molecule has 0 saturated carbocycles. The van der Waals surface area contributed by atoms with Gasteiger partial charge >= 0.3 is 0 Å². The van der Waals surface area contributed by atoms with Crippen LogP contribution in [0.15, 0.2) is 24.3 Å². The lowest BCUT2D eigenvalue weighted by molar-refractivity contribution is 0.251. The van der Waals surface area contributed by atoms with Gasteiger partial charge in [-0.05, 0) is 30.0 Å². The summed E-state index contributed by atoms with van der Waals surface area (Å²) in [4.78, 5) is 0. The molecule has 0 fully saturated rings. The second kappa shape index (κ2) is 6.94. The number of amidine groups is 1. The molecule has 1 aromatic carbocycles. The van der Waals surface area contributed by atoms with E-state index in [9.17, 15) is 0 Å². The van der Waals surface area contributed by atoms with E-state index >= 15 is 0 Å². The summed E-state index contributed by atoms with van der Waals surface area (Å²) in [6, 6.07) is 7.80. The summed E-state index contributed by atoms with van der Waals surface area (Å²) in [6.07, 6.45) is 2.90. The fraction of sp³-hybridized carbons (Fsp3) is 0.500. The Morgan fingerprint density at radius 2 is 2.00 bits per heavy atom. The van der Waals surface area contributed by atoms with Gasteiger partial charge in [0.2, 0.25) is 0 Å². The molecule has 3 heteroatoms. The van der Waals surface area contributed by atoms with Crippen LogP contribution >= 0.6 is 0 Å². The fourth-order valence-corrected chi connectivity index (χ4v) is 1.74. The second-order valence-electron chi connectivity index (χ2n) is 4.55. The van der Waals surface area contributed by atoms with Gasteiger partial charge in [0.05, 0.1) is 12.4 Å². The molecule has 1 aromatic rings. The molecule has 0 aliphatic heterocycles. The van der Waals surface area contributed by atoms with E-state index in [4.69, 9.17) is 15.9 Å². The molecule has 17 heavy (non-hydrogen) atoms. The van der Waals surface area contributed by atoms with E-state index in [1.165, 1.54) is 12.8 Å². The maximum absolute atomic E-state index is 7.22. The van der Waals surface area contributed by atoms with Gasteiger partial charge in [-0.1, -0.05) is 32.4 Å². The third kappa shape index (κ3) is 5.38. The van der Waals surface area contributed by atoms with Crippen molar-refractivity contribution in [2.24, 2.45) is 11.7 Å². The first-order valence-corrected chi connectivity index (χ1v) is 6.16. The first-order valence-electron chi connectivity index (χ1n) is 6.16. The van der Waals surface area contributed by atoms with Gasteiger partial charge in [0.25, 0.3) is 0 Å². The van der Waals surface area contributed by atoms with E-state index in [0.29, 0.717) is 12.3 Å². The predicted octanol–water partition coefficient (Wildman–Crippen LogP) is 2.98. The summed E-state index contributed by atoms with van der Waals surface area (Å²) < 4.78 is 5.70. The molecule has 0 aliphatic carbocycles. The van der Waals surface area contributed by atoms with Crippen LogP contribution in [0.5, 0.6) is 5.75 Å². The van der Waals surface area contributed by atoms with Crippen molar-refractivity contribution in [3.05, 3.63) is 29.8 Å². The number of nitrogens with one attached hydrogen (secondary N) is 1. The normalized spacial score (nSPS) is 12.1. The SMILES string of the molecule is CCCC(C)COc1ccc(CC(=N)N)cc1. The van der Waals surface area contributed by atoms with Crippen LogP contribution in [0.2, 0.25) is 0 Å². The summed E-state index contributed by atoms with van der Waals surface area (Å²) in [5.41, 5.74) is 6.39. The van der Waals surface area contributed by atoms with E-state index in [1.54, 1.807) is 0 Å². The minimum absolute atomic E-state index is 0.190. The fourth-order valence-electron chi connectivity index (χ4n) is 1.74. The van der Waals surface area contributed by atoms with E-state index in [0.717, 1.165) is 17.9 Å². The van der Waals surface area contributed by atoms with E-state index in [-0.39, 0.29) is 5.84 Å². The van der Waals surface area contributed by atoms with Crippen LogP contribution in [-0.4, -0.2) is 12.4 Å². The molecular weight excluding hydrogens is 212 g/mol. The minimum Gasteiger partial charge on any atom is -0.493 e. The van der Waals surface area contributed by atoms with Crippen LogP contribution in [0.4, 0.5) is 0 Å². The largest absolute Gasteiger partial charge is 0.493 e. The molecule has 1 unspecified atom stereocenters. The maximum atomic E-state index is 7.22. The Kier molecular flexibility index (Phi) is 5.53. The first kappa shape index (κ1) is 13.6. The van der Waals surface area contributed by atoms with Gasteiger partial charge < -0.3 is 10.5 Å². The van der Waals surface area contributed by atoms with E-state index in [1.807, 2.05) is 24.3 Å². The summed E-state index contributed by atoms with van der Waals surface area (Å²) in [5, 5.41) is 7.22. The predicted molar refractivity (Wildman–Crippen MR) is 71.6 cm³/mol. The Morgan fingerprint density at radius 3 is 2.53 bits per heavy atom. The molecule has 0 spiro atoms. The number of benzene rings is 1. The van der Waals surface area contributed by atoms with Crippen molar-refractivity contribution in [1.82, 2.24) is 0 Å². The lowest BCUT2D eigenvalue weighted by Crippen LogP contribution is -2.12. The molecule has 0 aliphatic rings. The molecule has 94 valence electrons. The highest BCUT2D eigenvalue weighted by Crippen LogP contribution is 2.14. The van der Waals surface area contributed by atoms with Crippen molar-refractivity contribution < 1.29 is 4.74 Å². The summed E-state index contributed by atoms with van der Waals surface area (Å²) >= 11 is 0. The smallest absolute Gasteiger partial charge is 0.119 e. The molecule has 0 saturated heterocycles. The van der Waals surface area contributed by atoms with Crippen molar-refractivity contribution in [2.75, 3.05) is 6.61 Å². The minimum atomic E-state index is 0.190. The number of hydrogen-bond acceptors (Lipinski definition) is 2. The zero-order valence-corrected chi connectivity index (χ0v) is 10.7. The molecule has 1 atom stereocenters. The summed E-state index contributed by atoms with van der Waals surface area (Å²) in [7, 11) is 0. The molecule has 0 amide bonds. The van der Waals surface area contributed by atoms with Crippen molar-refractivity contribution in [3.8, 4) is 5.75 Å². The zero-order chi connectivity index (χ0) is 12.7. The van der Waals surface area contributed by atoms with Gasteiger partial charge in [-0.3, -0.25) is 5.41 Å². The Hall–Kier alpha value is -1.51. The standard InChI is InChI=1S/C14H22N2O/c1-3-4-11(2)10-17-13-7-5-12(6-8-13)9-14(15)16/h5-8,11H,3-4,9-10H2,1-2H3,(H3,15,16). The van der Waals surface area contributed by atoms with Crippen LogP contribution in [0, 0.1) is 11.3 Å². The molecule has 0 bridgehead atoms. The molecule has 1 rings (SSSR count). The highest BCUT2D eigenvalue weighted by molar-refractivity contribution is 5.79. The van der Waals surface area contributed by atoms with Crippen LogP contribution < -0.4 is 10.5 Å². The van der Waals surface area contributed by atoms with Crippen molar-refractivity contribution in [3.63, 3.8) is 0 Å². The molecule has 0 heterocycles. The number of nitrogens with two attached hydrogens (primary N) is 1. The van der Waals surface area contributed by atoms with Gasteiger partial charge in [0, 0.05) is 6.42 Å². The van der Waals surface area contributed by atoms with E-state index in [2.05, 4.69) is 13.8 Å². The topological polar surface area (TPSA) is 59.1 Å². The number of ether oxygens (including phenoxy) is 1. The molecule has 3 nitrogen and oxygen atoms in total. The number of hydrogen-bond donors (Lipinski definition) is 2. The van der Waals surface area contributed by atoms with Crippen LogP contribution in [0.25, 0.3) is 0 Å². The zero-order valence-electron chi connectivity index (χ0n) is 10.7. The second-order valence-corrected chi connectivity index (χ2v) is 4.55. The third-order valence-corrected chi connectivity index (χ3v) is 2.63. The van der Waals surface area contributed by atoms with Crippen LogP contribution in [0.3, 0.4) is 0 Å². The highest BCUT2D eigenvalue weighted by atomic mass is 16.5. The Morgan fingerprint density at radius 1 is 1.35 bits per heavy atom. The van der Waals surface area contributed by atoms with Crippen LogP contribution in [-0.2, 0) is 6.42 Å². The monoisotopic (exact) mass is 234 g/mol. The Balaban J connectivity index is 2.42.